The molecular weight excluding hydrogens is 240 g/mol. The topological polar surface area (TPSA) is 29.3 Å². The van der Waals surface area contributed by atoms with E-state index in [4.69, 9.17) is 5.73 Å². The summed E-state index contributed by atoms with van der Waals surface area (Å²) in [5.74, 6) is 1.71. The number of nitrogens with two attached hydrogens (primary N) is 1. The van der Waals surface area contributed by atoms with Gasteiger partial charge in [-0.1, -0.05) is 6.07 Å². The van der Waals surface area contributed by atoms with Crippen LogP contribution >= 0.6 is 11.3 Å². The second-order valence-electron chi connectivity index (χ2n) is 6.18. The molecule has 1 saturated heterocycles. The first-order chi connectivity index (χ1) is 8.72. The summed E-state index contributed by atoms with van der Waals surface area (Å²) in [6.45, 7) is 4.76. The van der Waals surface area contributed by atoms with Crippen LogP contribution in [0.5, 0.6) is 0 Å². The third-order valence-electron chi connectivity index (χ3n) is 4.55. The molecule has 3 rings (SSSR count). The van der Waals surface area contributed by atoms with E-state index in [-0.39, 0.29) is 0 Å². The fraction of sp³-hybridized carbons (Fsp3) is 0.733. The molecule has 1 saturated carbocycles. The van der Waals surface area contributed by atoms with Crippen molar-refractivity contribution in [2.75, 3.05) is 13.1 Å². The van der Waals surface area contributed by atoms with E-state index in [1.807, 2.05) is 11.3 Å². The lowest BCUT2D eigenvalue weighted by Gasteiger charge is -2.40. The molecule has 0 radical (unpaired) electrons. The van der Waals surface area contributed by atoms with Crippen LogP contribution in [0.3, 0.4) is 0 Å². The highest BCUT2D eigenvalue weighted by molar-refractivity contribution is 7.09. The highest BCUT2D eigenvalue weighted by Crippen LogP contribution is 2.36. The Hall–Kier alpha value is -0.380. The SMILES string of the molecule is CC(C1CC1)N1CC(N)CC(Cc2cccs2)C1. The number of piperidine rings is 1. The molecule has 2 fully saturated rings. The number of thiophene rings is 1. The molecule has 2 heterocycles. The smallest absolute Gasteiger partial charge is 0.0171 e. The lowest BCUT2D eigenvalue weighted by Crippen LogP contribution is -2.51. The lowest BCUT2D eigenvalue weighted by molar-refractivity contribution is 0.106. The Morgan fingerprint density at radius 3 is 2.94 bits per heavy atom. The molecule has 1 aromatic rings. The minimum atomic E-state index is 0.380. The summed E-state index contributed by atoms with van der Waals surface area (Å²) in [5, 5.41) is 2.18. The molecule has 100 valence electrons. The summed E-state index contributed by atoms with van der Waals surface area (Å²) in [6.07, 6.45) is 5.29. The van der Waals surface area contributed by atoms with Crippen LogP contribution in [0.25, 0.3) is 0 Å². The van der Waals surface area contributed by atoms with Crippen LogP contribution < -0.4 is 5.73 Å². The highest BCUT2D eigenvalue weighted by atomic mass is 32.1. The predicted octanol–water partition coefficient (Wildman–Crippen LogP) is 2.74. The van der Waals surface area contributed by atoms with Crippen molar-refractivity contribution < 1.29 is 0 Å². The maximum absolute atomic E-state index is 6.26. The molecule has 3 heteroatoms. The van der Waals surface area contributed by atoms with Crippen LogP contribution in [0.1, 0.15) is 31.1 Å². The van der Waals surface area contributed by atoms with Gasteiger partial charge in [-0.15, -0.1) is 11.3 Å². The summed E-state index contributed by atoms with van der Waals surface area (Å²) in [5.41, 5.74) is 6.26. The highest BCUT2D eigenvalue weighted by Gasteiger charge is 2.35. The van der Waals surface area contributed by atoms with Crippen LogP contribution in [0.4, 0.5) is 0 Å². The molecule has 3 unspecified atom stereocenters. The molecule has 2 aliphatic rings. The monoisotopic (exact) mass is 264 g/mol. The zero-order valence-corrected chi connectivity index (χ0v) is 12.0. The van der Waals surface area contributed by atoms with Crippen molar-refractivity contribution in [3.05, 3.63) is 22.4 Å². The Morgan fingerprint density at radius 1 is 1.44 bits per heavy atom. The molecule has 0 spiro atoms. The van der Waals surface area contributed by atoms with Gasteiger partial charge >= 0.3 is 0 Å². The maximum Gasteiger partial charge on any atom is 0.0171 e. The first kappa shape index (κ1) is 12.6. The van der Waals surface area contributed by atoms with Crippen LogP contribution in [0, 0.1) is 11.8 Å². The van der Waals surface area contributed by atoms with E-state index in [1.54, 1.807) is 0 Å². The minimum Gasteiger partial charge on any atom is -0.327 e. The molecular formula is C15H24N2S. The van der Waals surface area contributed by atoms with Gasteiger partial charge in [0.1, 0.15) is 0 Å². The summed E-state index contributed by atoms with van der Waals surface area (Å²) in [7, 11) is 0. The third-order valence-corrected chi connectivity index (χ3v) is 5.45. The Labute approximate surface area is 114 Å². The van der Waals surface area contributed by atoms with Crippen molar-refractivity contribution in [3.8, 4) is 0 Å². The Kier molecular flexibility index (Phi) is 3.73. The number of hydrogen-bond acceptors (Lipinski definition) is 3. The lowest BCUT2D eigenvalue weighted by atomic mass is 9.90. The summed E-state index contributed by atoms with van der Waals surface area (Å²) in [6, 6.07) is 5.55. The van der Waals surface area contributed by atoms with Gasteiger partial charge < -0.3 is 5.73 Å². The molecule has 18 heavy (non-hydrogen) atoms. The number of rotatable bonds is 4. The average molecular weight is 264 g/mol. The quantitative estimate of drug-likeness (QED) is 0.906. The van der Waals surface area contributed by atoms with Gasteiger partial charge in [0.05, 0.1) is 0 Å². The van der Waals surface area contributed by atoms with Gasteiger partial charge in [0.15, 0.2) is 0 Å². The summed E-state index contributed by atoms with van der Waals surface area (Å²) >= 11 is 1.89. The number of hydrogen-bond donors (Lipinski definition) is 1. The van der Waals surface area contributed by atoms with Crippen molar-refractivity contribution >= 4 is 11.3 Å². The zero-order chi connectivity index (χ0) is 12.5. The van der Waals surface area contributed by atoms with Gasteiger partial charge in [-0.25, -0.2) is 0 Å². The Bertz CT molecular complexity index is 372. The van der Waals surface area contributed by atoms with Crippen molar-refractivity contribution in [2.45, 2.75) is 44.7 Å². The van der Waals surface area contributed by atoms with E-state index < -0.39 is 0 Å². The van der Waals surface area contributed by atoms with Gasteiger partial charge in [-0.05, 0) is 55.9 Å². The van der Waals surface area contributed by atoms with Crippen molar-refractivity contribution in [2.24, 2.45) is 17.6 Å². The first-order valence-corrected chi connectivity index (χ1v) is 8.12. The van der Waals surface area contributed by atoms with E-state index in [2.05, 4.69) is 29.3 Å². The second kappa shape index (κ2) is 5.32. The van der Waals surface area contributed by atoms with E-state index in [1.165, 1.54) is 37.1 Å². The average Bonchev–Trinajstić information content (AvgIpc) is 3.07. The van der Waals surface area contributed by atoms with Crippen LogP contribution in [-0.2, 0) is 6.42 Å². The fourth-order valence-corrected chi connectivity index (χ4v) is 4.18. The molecule has 0 bridgehead atoms. The van der Waals surface area contributed by atoms with E-state index in [0.29, 0.717) is 6.04 Å². The fourth-order valence-electron chi connectivity index (χ4n) is 3.36. The summed E-state index contributed by atoms with van der Waals surface area (Å²) < 4.78 is 0. The molecule has 2 N–H and O–H groups in total. The molecule has 3 atom stereocenters. The molecule has 0 amide bonds. The first-order valence-electron chi connectivity index (χ1n) is 7.24. The second-order valence-corrected chi connectivity index (χ2v) is 7.21. The predicted molar refractivity (Wildman–Crippen MR) is 77.9 cm³/mol. The third kappa shape index (κ3) is 2.95. The normalized spacial score (nSPS) is 31.4. The summed E-state index contributed by atoms with van der Waals surface area (Å²) in [4.78, 5) is 4.18. The maximum atomic E-state index is 6.26. The molecule has 1 aliphatic carbocycles. The van der Waals surface area contributed by atoms with Crippen LogP contribution in [0.2, 0.25) is 0 Å². The van der Waals surface area contributed by atoms with Gasteiger partial charge in [0.25, 0.3) is 0 Å². The van der Waals surface area contributed by atoms with E-state index in [9.17, 15) is 0 Å². The Balaban J connectivity index is 1.60. The van der Waals surface area contributed by atoms with E-state index in [0.717, 1.165) is 24.4 Å². The number of likely N-dealkylation sites (tertiary alicyclic amines) is 1. The minimum absolute atomic E-state index is 0.380. The van der Waals surface area contributed by atoms with Crippen molar-refractivity contribution in [3.63, 3.8) is 0 Å². The molecule has 1 aromatic heterocycles. The molecule has 0 aromatic carbocycles. The van der Waals surface area contributed by atoms with Crippen molar-refractivity contribution in [1.29, 1.82) is 0 Å². The van der Waals surface area contributed by atoms with Crippen LogP contribution in [-0.4, -0.2) is 30.1 Å². The standard InChI is InChI=1S/C15H24N2S/c1-11(13-4-5-13)17-9-12(7-14(16)10-17)8-15-3-2-6-18-15/h2-3,6,11-14H,4-5,7-10,16H2,1H3. The zero-order valence-electron chi connectivity index (χ0n) is 11.2. The molecule has 2 nitrogen and oxygen atoms in total. The number of nitrogens with zero attached hydrogens (tertiary/aromatic N) is 1. The van der Waals surface area contributed by atoms with Gasteiger partial charge in [-0.2, -0.15) is 0 Å². The van der Waals surface area contributed by atoms with Gasteiger partial charge in [0, 0.05) is 30.1 Å². The largest absolute Gasteiger partial charge is 0.327 e. The van der Waals surface area contributed by atoms with Crippen LogP contribution in [0.15, 0.2) is 17.5 Å². The van der Waals surface area contributed by atoms with E-state index >= 15 is 0 Å². The van der Waals surface area contributed by atoms with Crippen molar-refractivity contribution in [1.82, 2.24) is 4.90 Å². The Morgan fingerprint density at radius 2 is 2.28 bits per heavy atom. The van der Waals surface area contributed by atoms with Gasteiger partial charge in [0.2, 0.25) is 0 Å². The molecule has 1 aliphatic heterocycles. The van der Waals surface area contributed by atoms with Gasteiger partial charge in [-0.3, -0.25) is 4.90 Å².